The van der Waals surface area contributed by atoms with Crippen molar-refractivity contribution in [3.05, 3.63) is 66.0 Å². The monoisotopic (exact) mass is 339 g/mol. The first-order valence-electron chi connectivity index (χ1n) is 8.34. The smallest absolute Gasteiger partial charge is 0.410 e. The molecule has 1 aromatic carbocycles. The Morgan fingerprint density at radius 1 is 0.920 bits per heavy atom. The summed E-state index contributed by atoms with van der Waals surface area (Å²) in [6.07, 6.45) is 3.40. The molecule has 6 heteroatoms. The molecule has 1 saturated heterocycles. The van der Waals surface area contributed by atoms with Crippen molar-refractivity contribution in [1.82, 2.24) is 14.8 Å². The average molecular weight is 339 g/mol. The van der Waals surface area contributed by atoms with Gasteiger partial charge in [0.2, 0.25) is 5.91 Å². The number of benzene rings is 1. The lowest BCUT2D eigenvalue weighted by Gasteiger charge is -2.34. The zero-order valence-electron chi connectivity index (χ0n) is 14.0. The number of rotatable bonds is 4. The molecule has 0 atom stereocenters. The van der Waals surface area contributed by atoms with Gasteiger partial charge in [0.25, 0.3) is 0 Å². The van der Waals surface area contributed by atoms with E-state index in [0.29, 0.717) is 32.6 Å². The van der Waals surface area contributed by atoms with Gasteiger partial charge in [0.1, 0.15) is 6.61 Å². The molecular formula is C19H21N3O3. The highest BCUT2D eigenvalue weighted by atomic mass is 16.6. The first-order valence-corrected chi connectivity index (χ1v) is 8.34. The minimum absolute atomic E-state index is 0.0605. The van der Waals surface area contributed by atoms with E-state index < -0.39 is 0 Å². The SMILES string of the molecule is O=C(Cc1cccnc1)N1CCN(C(=O)OCc2ccccc2)CC1. The van der Waals surface area contributed by atoms with Gasteiger partial charge in [-0.2, -0.15) is 0 Å². The van der Waals surface area contributed by atoms with Crippen molar-refractivity contribution < 1.29 is 14.3 Å². The fourth-order valence-electron chi connectivity index (χ4n) is 2.74. The van der Waals surface area contributed by atoms with E-state index >= 15 is 0 Å². The summed E-state index contributed by atoms with van der Waals surface area (Å²) in [5.41, 5.74) is 1.86. The van der Waals surface area contributed by atoms with Gasteiger partial charge in [-0.25, -0.2) is 4.79 Å². The first-order chi connectivity index (χ1) is 12.2. The number of aromatic nitrogens is 1. The van der Waals surface area contributed by atoms with Gasteiger partial charge in [0.15, 0.2) is 0 Å². The maximum atomic E-state index is 12.3. The van der Waals surface area contributed by atoms with Gasteiger partial charge in [-0.05, 0) is 17.2 Å². The quantitative estimate of drug-likeness (QED) is 0.856. The Balaban J connectivity index is 1.43. The number of piperazine rings is 1. The predicted molar refractivity (Wildman–Crippen MR) is 92.7 cm³/mol. The summed E-state index contributed by atoms with van der Waals surface area (Å²) < 4.78 is 5.33. The van der Waals surface area contributed by atoms with E-state index in [4.69, 9.17) is 4.74 Å². The average Bonchev–Trinajstić information content (AvgIpc) is 2.68. The van der Waals surface area contributed by atoms with Gasteiger partial charge in [-0.3, -0.25) is 9.78 Å². The minimum atomic E-state index is -0.330. The van der Waals surface area contributed by atoms with Gasteiger partial charge >= 0.3 is 6.09 Å². The van der Waals surface area contributed by atoms with Crippen LogP contribution in [0.2, 0.25) is 0 Å². The van der Waals surface area contributed by atoms with Gasteiger partial charge in [0, 0.05) is 38.6 Å². The second-order valence-electron chi connectivity index (χ2n) is 5.95. The van der Waals surface area contributed by atoms with Crippen molar-refractivity contribution in [2.24, 2.45) is 0 Å². The lowest BCUT2D eigenvalue weighted by molar-refractivity contribution is -0.132. The molecule has 1 aliphatic rings. The van der Waals surface area contributed by atoms with E-state index in [1.165, 1.54) is 0 Å². The molecule has 0 unspecified atom stereocenters. The van der Waals surface area contributed by atoms with E-state index in [1.807, 2.05) is 42.5 Å². The molecule has 3 rings (SSSR count). The third-order valence-electron chi connectivity index (χ3n) is 4.17. The molecule has 2 amide bonds. The highest BCUT2D eigenvalue weighted by Crippen LogP contribution is 2.09. The Bertz CT molecular complexity index is 698. The lowest BCUT2D eigenvalue weighted by atomic mass is 10.2. The lowest BCUT2D eigenvalue weighted by Crippen LogP contribution is -2.51. The molecule has 0 bridgehead atoms. The van der Waals surface area contributed by atoms with E-state index in [1.54, 1.807) is 22.2 Å². The van der Waals surface area contributed by atoms with Crippen molar-refractivity contribution >= 4 is 12.0 Å². The largest absolute Gasteiger partial charge is 0.445 e. The molecule has 1 fully saturated rings. The Morgan fingerprint density at radius 3 is 2.28 bits per heavy atom. The number of carbonyl (C=O) groups excluding carboxylic acids is 2. The normalized spacial score (nSPS) is 14.2. The second-order valence-corrected chi connectivity index (χ2v) is 5.95. The number of nitrogens with zero attached hydrogens (tertiary/aromatic N) is 3. The third-order valence-corrected chi connectivity index (χ3v) is 4.17. The molecule has 0 spiro atoms. The molecule has 0 saturated carbocycles. The van der Waals surface area contributed by atoms with E-state index in [2.05, 4.69) is 4.98 Å². The van der Waals surface area contributed by atoms with Crippen LogP contribution < -0.4 is 0 Å². The van der Waals surface area contributed by atoms with Gasteiger partial charge in [-0.1, -0.05) is 36.4 Å². The molecule has 2 aromatic rings. The molecule has 0 N–H and O–H groups in total. The van der Waals surface area contributed by atoms with Gasteiger partial charge < -0.3 is 14.5 Å². The van der Waals surface area contributed by atoms with Crippen molar-refractivity contribution in [2.75, 3.05) is 26.2 Å². The summed E-state index contributed by atoms with van der Waals surface area (Å²) in [5.74, 6) is 0.0605. The molecular weight excluding hydrogens is 318 g/mol. The topological polar surface area (TPSA) is 62.7 Å². The summed E-state index contributed by atoms with van der Waals surface area (Å²) in [5, 5.41) is 0. The molecule has 0 aliphatic carbocycles. The van der Waals surface area contributed by atoms with Crippen LogP contribution in [-0.4, -0.2) is 53.0 Å². The summed E-state index contributed by atoms with van der Waals surface area (Å²) in [7, 11) is 0. The van der Waals surface area contributed by atoms with Crippen LogP contribution in [0.5, 0.6) is 0 Å². The van der Waals surface area contributed by atoms with Crippen LogP contribution >= 0.6 is 0 Å². The van der Waals surface area contributed by atoms with Gasteiger partial charge in [0.05, 0.1) is 6.42 Å². The van der Waals surface area contributed by atoms with Crippen LogP contribution in [0.4, 0.5) is 4.79 Å². The molecule has 1 aromatic heterocycles. The predicted octanol–water partition coefficient (Wildman–Crippen LogP) is 2.11. The van der Waals surface area contributed by atoms with E-state index in [0.717, 1.165) is 11.1 Å². The molecule has 6 nitrogen and oxygen atoms in total. The van der Waals surface area contributed by atoms with Crippen LogP contribution in [0.3, 0.4) is 0 Å². The Hall–Kier alpha value is -2.89. The molecule has 25 heavy (non-hydrogen) atoms. The number of hydrogen-bond donors (Lipinski definition) is 0. The molecule has 0 radical (unpaired) electrons. The van der Waals surface area contributed by atoms with Crippen molar-refractivity contribution in [3.63, 3.8) is 0 Å². The summed E-state index contributed by atoms with van der Waals surface area (Å²) in [4.78, 5) is 31.9. The maximum Gasteiger partial charge on any atom is 0.410 e. The number of hydrogen-bond acceptors (Lipinski definition) is 4. The summed E-state index contributed by atoms with van der Waals surface area (Å²) in [6.45, 7) is 2.30. The van der Waals surface area contributed by atoms with Crippen molar-refractivity contribution in [1.29, 1.82) is 0 Å². The second kappa shape index (κ2) is 8.28. The van der Waals surface area contributed by atoms with Crippen LogP contribution in [-0.2, 0) is 22.6 Å². The van der Waals surface area contributed by atoms with Crippen LogP contribution in [0.1, 0.15) is 11.1 Å². The number of pyridine rings is 1. The third kappa shape index (κ3) is 4.79. The van der Waals surface area contributed by atoms with Crippen molar-refractivity contribution in [2.45, 2.75) is 13.0 Å². The Labute approximate surface area is 147 Å². The number of carbonyl (C=O) groups is 2. The fourth-order valence-corrected chi connectivity index (χ4v) is 2.74. The summed E-state index contributed by atoms with van der Waals surface area (Å²) >= 11 is 0. The zero-order chi connectivity index (χ0) is 17.5. The van der Waals surface area contributed by atoms with E-state index in [9.17, 15) is 9.59 Å². The molecule has 1 aliphatic heterocycles. The summed E-state index contributed by atoms with van der Waals surface area (Å²) in [6, 6.07) is 13.3. The molecule has 130 valence electrons. The number of ether oxygens (including phenoxy) is 1. The highest BCUT2D eigenvalue weighted by molar-refractivity contribution is 5.79. The fraction of sp³-hybridized carbons (Fsp3) is 0.316. The van der Waals surface area contributed by atoms with Crippen LogP contribution in [0.25, 0.3) is 0 Å². The molecule has 2 heterocycles. The minimum Gasteiger partial charge on any atom is -0.445 e. The standard InChI is InChI=1S/C19H21N3O3/c23-18(13-17-7-4-8-20-14-17)21-9-11-22(12-10-21)19(24)25-15-16-5-2-1-3-6-16/h1-8,14H,9-13,15H2. The van der Waals surface area contributed by atoms with Gasteiger partial charge in [-0.15, -0.1) is 0 Å². The first kappa shape index (κ1) is 17.0. The Morgan fingerprint density at radius 2 is 1.60 bits per heavy atom. The highest BCUT2D eigenvalue weighted by Gasteiger charge is 2.25. The van der Waals surface area contributed by atoms with Crippen molar-refractivity contribution in [3.8, 4) is 0 Å². The number of amides is 2. The van der Waals surface area contributed by atoms with Crippen LogP contribution in [0.15, 0.2) is 54.9 Å². The zero-order valence-corrected chi connectivity index (χ0v) is 14.0. The van der Waals surface area contributed by atoms with E-state index in [-0.39, 0.29) is 18.6 Å². The Kier molecular flexibility index (Phi) is 5.61. The maximum absolute atomic E-state index is 12.3. The van der Waals surface area contributed by atoms with Crippen LogP contribution in [0, 0.1) is 0 Å².